The van der Waals surface area contributed by atoms with E-state index in [1.165, 1.54) is 6.33 Å². The summed E-state index contributed by atoms with van der Waals surface area (Å²) in [5.74, 6) is -6.34. The molecule has 0 amide bonds. The zero-order valence-corrected chi connectivity index (χ0v) is 9.76. The van der Waals surface area contributed by atoms with Gasteiger partial charge in [0.15, 0.2) is 0 Å². The van der Waals surface area contributed by atoms with E-state index in [0.717, 1.165) is 17.4 Å². The third-order valence-corrected chi connectivity index (χ3v) is 3.25. The van der Waals surface area contributed by atoms with Crippen LogP contribution in [0.4, 0.5) is 17.6 Å². The predicted octanol–water partition coefficient (Wildman–Crippen LogP) is 2.70. The number of rotatable bonds is 1. The molecular weight excluding hydrogens is 262 g/mol. The van der Waals surface area contributed by atoms with Crippen LogP contribution in [0, 0.1) is 23.5 Å². The summed E-state index contributed by atoms with van der Waals surface area (Å²) in [4.78, 5) is 6.58. The van der Waals surface area contributed by atoms with Crippen molar-refractivity contribution < 1.29 is 17.6 Å². The largest absolute Gasteiger partial charge is 0.297 e. The number of hydrogen-bond acceptors (Lipinski definition) is 2. The van der Waals surface area contributed by atoms with Crippen LogP contribution < -0.4 is 0 Å². The lowest BCUT2D eigenvalue weighted by atomic mass is 10.0. The number of pyridine rings is 1. The van der Waals surface area contributed by atoms with E-state index in [2.05, 4.69) is 9.97 Å². The van der Waals surface area contributed by atoms with Crippen molar-refractivity contribution in [2.45, 2.75) is 25.7 Å². The molecule has 0 aromatic carbocycles. The molecule has 0 saturated heterocycles. The molecule has 100 valence electrons. The Bertz CT molecular complexity index is 625. The van der Waals surface area contributed by atoms with Crippen LogP contribution in [0.1, 0.15) is 24.2 Å². The van der Waals surface area contributed by atoms with Gasteiger partial charge in [-0.25, -0.2) is 4.98 Å². The molecule has 0 spiro atoms. The van der Waals surface area contributed by atoms with Gasteiger partial charge in [0.25, 0.3) is 11.9 Å². The highest BCUT2D eigenvalue weighted by Gasteiger charge is 2.25. The molecule has 0 unspecified atom stereocenters. The highest BCUT2D eigenvalue weighted by molar-refractivity contribution is 5.38. The van der Waals surface area contributed by atoms with E-state index in [4.69, 9.17) is 0 Å². The van der Waals surface area contributed by atoms with Gasteiger partial charge in [-0.15, -0.1) is 0 Å². The smallest absolute Gasteiger partial charge is 0.253 e. The Hall–Kier alpha value is -1.92. The summed E-state index contributed by atoms with van der Waals surface area (Å²) in [6, 6.07) is 0. The van der Waals surface area contributed by atoms with Gasteiger partial charge in [-0.05, 0) is 25.7 Å². The van der Waals surface area contributed by atoms with Gasteiger partial charge < -0.3 is 0 Å². The first kappa shape index (κ1) is 12.1. The van der Waals surface area contributed by atoms with Crippen molar-refractivity contribution in [3.8, 4) is 5.69 Å². The number of fused-ring (bicyclic) bond motifs is 1. The summed E-state index contributed by atoms with van der Waals surface area (Å²) < 4.78 is 54.7. The van der Waals surface area contributed by atoms with Crippen LogP contribution >= 0.6 is 0 Å². The molecule has 3 rings (SSSR count). The fraction of sp³-hybridized carbons (Fsp3) is 0.333. The lowest BCUT2D eigenvalue weighted by Crippen LogP contribution is -2.13. The van der Waals surface area contributed by atoms with E-state index in [1.807, 2.05) is 0 Å². The van der Waals surface area contributed by atoms with Crippen molar-refractivity contribution in [2.75, 3.05) is 0 Å². The van der Waals surface area contributed by atoms with Gasteiger partial charge in [-0.3, -0.25) is 4.57 Å². The number of halogens is 4. The first-order valence-electron chi connectivity index (χ1n) is 5.85. The maximum Gasteiger partial charge on any atom is 0.253 e. The van der Waals surface area contributed by atoms with E-state index in [1.54, 1.807) is 0 Å². The van der Waals surface area contributed by atoms with Crippen molar-refractivity contribution in [2.24, 2.45) is 0 Å². The molecule has 0 aliphatic heterocycles. The van der Waals surface area contributed by atoms with E-state index in [-0.39, 0.29) is 0 Å². The Labute approximate surface area is 105 Å². The van der Waals surface area contributed by atoms with Gasteiger partial charge in [0, 0.05) is 5.69 Å². The molecule has 0 bridgehead atoms. The Morgan fingerprint density at radius 2 is 1.58 bits per heavy atom. The summed E-state index contributed by atoms with van der Waals surface area (Å²) >= 11 is 0. The molecule has 2 aromatic rings. The van der Waals surface area contributed by atoms with Gasteiger partial charge in [-0.2, -0.15) is 22.5 Å². The minimum atomic E-state index is -1.66. The topological polar surface area (TPSA) is 30.7 Å². The van der Waals surface area contributed by atoms with Crippen LogP contribution in [0.3, 0.4) is 0 Å². The molecule has 0 atom stereocenters. The van der Waals surface area contributed by atoms with Crippen molar-refractivity contribution >= 4 is 0 Å². The average molecular weight is 271 g/mol. The molecule has 19 heavy (non-hydrogen) atoms. The number of imidazole rings is 1. The second kappa shape index (κ2) is 4.32. The molecule has 0 N–H and O–H groups in total. The molecule has 0 saturated carbocycles. The average Bonchev–Trinajstić information content (AvgIpc) is 2.81. The SMILES string of the molecule is Fc1nc(F)c(F)c(-n2cnc3c2CCCC3)c1F. The summed E-state index contributed by atoms with van der Waals surface area (Å²) in [5.41, 5.74) is 0.511. The minimum Gasteiger partial charge on any atom is -0.297 e. The van der Waals surface area contributed by atoms with Crippen LogP contribution in [-0.4, -0.2) is 14.5 Å². The second-order valence-electron chi connectivity index (χ2n) is 4.39. The van der Waals surface area contributed by atoms with E-state index < -0.39 is 29.2 Å². The van der Waals surface area contributed by atoms with Crippen molar-refractivity contribution in [1.82, 2.24) is 14.5 Å². The normalized spacial score (nSPS) is 14.5. The van der Waals surface area contributed by atoms with Crippen LogP contribution in [0.5, 0.6) is 0 Å². The van der Waals surface area contributed by atoms with Gasteiger partial charge in [0.05, 0.1) is 12.0 Å². The highest BCUT2D eigenvalue weighted by Crippen LogP contribution is 2.27. The Kier molecular flexibility index (Phi) is 2.76. The molecule has 0 radical (unpaired) electrons. The standard InChI is InChI=1S/C12H9F4N3/c13-8-10(9(14)12(16)18-11(8)15)19-5-17-6-3-1-2-4-7(6)19/h5H,1-4H2. The van der Waals surface area contributed by atoms with E-state index in [9.17, 15) is 17.6 Å². The van der Waals surface area contributed by atoms with Gasteiger partial charge in [0.2, 0.25) is 11.6 Å². The lowest BCUT2D eigenvalue weighted by molar-refractivity contribution is 0.401. The lowest BCUT2D eigenvalue weighted by Gasteiger charge is -2.15. The van der Waals surface area contributed by atoms with Crippen LogP contribution in [0.25, 0.3) is 5.69 Å². The van der Waals surface area contributed by atoms with Crippen molar-refractivity contribution in [3.05, 3.63) is 41.2 Å². The highest BCUT2D eigenvalue weighted by atomic mass is 19.2. The van der Waals surface area contributed by atoms with Crippen LogP contribution in [-0.2, 0) is 12.8 Å². The molecular formula is C12H9F4N3. The maximum absolute atomic E-state index is 13.7. The zero-order valence-electron chi connectivity index (χ0n) is 9.76. The third-order valence-electron chi connectivity index (χ3n) is 3.25. The van der Waals surface area contributed by atoms with Crippen LogP contribution in [0.15, 0.2) is 6.33 Å². The van der Waals surface area contributed by atoms with Gasteiger partial charge >= 0.3 is 0 Å². The van der Waals surface area contributed by atoms with Crippen molar-refractivity contribution in [3.63, 3.8) is 0 Å². The third kappa shape index (κ3) is 1.80. The number of hydrogen-bond donors (Lipinski definition) is 0. The Morgan fingerprint density at radius 1 is 0.947 bits per heavy atom. The first-order valence-corrected chi connectivity index (χ1v) is 5.85. The van der Waals surface area contributed by atoms with Gasteiger partial charge in [-0.1, -0.05) is 0 Å². The summed E-state index contributed by atoms with van der Waals surface area (Å²) in [7, 11) is 0. The molecule has 7 heteroatoms. The van der Waals surface area contributed by atoms with E-state index in [0.29, 0.717) is 24.2 Å². The monoisotopic (exact) mass is 271 g/mol. The molecule has 1 aliphatic carbocycles. The molecule has 1 aliphatic rings. The van der Waals surface area contributed by atoms with Crippen LogP contribution in [0.2, 0.25) is 0 Å². The maximum atomic E-state index is 13.7. The minimum absolute atomic E-state index is 0.569. The Balaban J connectivity index is 2.25. The van der Waals surface area contributed by atoms with E-state index >= 15 is 0 Å². The summed E-state index contributed by atoms with van der Waals surface area (Å²) in [5, 5.41) is 0. The quantitative estimate of drug-likeness (QED) is 0.589. The summed E-state index contributed by atoms with van der Waals surface area (Å²) in [6.45, 7) is 0. The molecule has 2 heterocycles. The molecule has 0 fully saturated rings. The predicted molar refractivity (Wildman–Crippen MR) is 57.8 cm³/mol. The molecule has 3 nitrogen and oxygen atoms in total. The second-order valence-corrected chi connectivity index (χ2v) is 4.39. The zero-order chi connectivity index (χ0) is 13.6. The fourth-order valence-corrected chi connectivity index (χ4v) is 2.35. The first-order chi connectivity index (χ1) is 9.09. The van der Waals surface area contributed by atoms with Gasteiger partial charge in [0.1, 0.15) is 5.69 Å². The number of aryl methyl sites for hydroxylation is 1. The summed E-state index contributed by atoms with van der Waals surface area (Å²) in [6.07, 6.45) is 4.24. The molecule has 2 aromatic heterocycles. The number of aromatic nitrogens is 3. The Morgan fingerprint density at radius 3 is 2.26 bits per heavy atom. The van der Waals surface area contributed by atoms with Crippen molar-refractivity contribution in [1.29, 1.82) is 0 Å². The number of nitrogens with zero attached hydrogens (tertiary/aromatic N) is 3. The fourth-order valence-electron chi connectivity index (χ4n) is 2.35.